The van der Waals surface area contributed by atoms with E-state index >= 15 is 0 Å². The molecule has 1 aliphatic rings. The van der Waals surface area contributed by atoms with Gasteiger partial charge in [-0.3, -0.25) is 4.98 Å². The van der Waals surface area contributed by atoms with Crippen LogP contribution in [-0.4, -0.2) is 46.8 Å². The van der Waals surface area contributed by atoms with Gasteiger partial charge in [-0.05, 0) is 52.4 Å². The average Bonchev–Trinajstić information content (AvgIpc) is 2.48. The number of piperazine rings is 1. The van der Waals surface area contributed by atoms with Crippen LogP contribution in [0.15, 0.2) is 23.4 Å². The van der Waals surface area contributed by atoms with E-state index in [9.17, 15) is 4.79 Å². The minimum absolute atomic E-state index is 0.0177. The second kappa shape index (κ2) is 7.31. The molecule has 1 aromatic heterocycles. The van der Waals surface area contributed by atoms with Crippen LogP contribution in [0.1, 0.15) is 34.6 Å². The highest BCUT2D eigenvalue weighted by Crippen LogP contribution is 2.32. The van der Waals surface area contributed by atoms with Gasteiger partial charge in [0.2, 0.25) is 0 Å². The maximum Gasteiger partial charge on any atom is 0.410 e. The first-order chi connectivity index (χ1) is 11.2. The van der Waals surface area contributed by atoms with Crippen LogP contribution in [0.3, 0.4) is 0 Å². The Morgan fingerprint density at radius 1 is 1.38 bits per heavy atom. The highest BCUT2D eigenvalue weighted by Gasteiger charge is 2.35. The summed E-state index contributed by atoms with van der Waals surface area (Å²) in [5, 5.41) is 11.1. The third kappa shape index (κ3) is 4.32. The molecular formula is C17H24N4O2S. The first-order valence-electron chi connectivity index (χ1n) is 7.99. The van der Waals surface area contributed by atoms with Crippen LogP contribution in [0.4, 0.5) is 10.5 Å². The lowest BCUT2D eigenvalue weighted by Gasteiger charge is -2.45. The highest BCUT2D eigenvalue weighted by molar-refractivity contribution is 8.03. The van der Waals surface area contributed by atoms with Gasteiger partial charge in [0.25, 0.3) is 0 Å². The van der Waals surface area contributed by atoms with E-state index in [2.05, 4.69) is 22.2 Å². The number of thiocyanates is 1. The standard InChI is InChI=1S/C17H24N4O2S/c1-12-10-21(16(22)23-17(3,4)5)13(2)9-20(12)14-6-7-19-8-15(14)24-11-18/h6-8,12-13H,9-10H2,1-5H3/t12-,13-/m0/s1. The Hall–Kier alpha value is -1.94. The van der Waals surface area contributed by atoms with Gasteiger partial charge in [0.05, 0.1) is 10.6 Å². The SMILES string of the molecule is C[C@H]1CN(c2ccncc2SC#N)[C@@H](C)CN1C(=O)OC(C)(C)C. The number of anilines is 1. The van der Waals surface area contributed by atoms with Gasteiger partial charge in [0.15, 0.2) is 0 Å². The summed E-state index contributed by atoms with van der Waals surface area (Å²) in [5.74, 6) is 0. The lowest BCUT2D eigenvalue weighted by molar-refractivity contribution is 0.0130. The van der Waals surface area contributed by atoms with E-state index in [1.54, 1.807) is 17.3 Å². The third-order valence-corrected chi connectivity index (χ3v) is 4.47. The zero-order valence-electron chi connectivity index (χ0n) is 14.8. The van der Waals surface area contributed by atoms with E-state index in [0.29, 0.717) is 13.1 Å². The zero-order chi connectivity index (χ0) is 17.9. The largest absolute Gasteiger partial charge is 0.444 e. The molecule has 1 aromatic rings. The third-order valence-electron chi connectivity index (χ3n) is 3.84. The van der Waals surface area contributed by atoms with Crippen molar-refractivity contribution < 1.29 is 9.53 Å². The summed E-state index contributed by atoms with van der Waals surface area (Å²) in [6.45, 7) is 11.0. The van der Waals surface area contributed by atoms with Gasteiger partial charge in [0.1, 0.15) is 11.0 Å². The van der Waals surface area contributed by atoms with Gasteiger partial charge >= 0.3 is 6.09 Å². The van der Waals surface area contributed by atoms with Crippen LogP contribution >= 0.6 is 11.8 Å². The Bertz CT molecular complexity index is 638. The predicted octanol–water partition coefficient (Wildman–Crippen LogP) is 3.49. The van der Waals surface area contributed by atoms with Crippen LogP contribution in [-0.2, 0) is 4.74 Å². The van der Waals surface area contributed by atoms with Crippen molar-refractivity contribution in [1.82, 2.24) is 9.88 Å². The van der Waals surface area contributed by atoms with Crippen molar-refractivity contribution in [3.63, 3.8) is 0 Å². The summed E-state index contributed by atoms with van der Waals surface area (Å²) in [7, 11) is 0. The Balaban J connectivity index is 2.17. The zero-order valence-corrected chi connectivity index (χ0v) is 15.6. The average molecular weight is 348 g/mol. The number of carbonyl (C=O) groups is 1. The van der Waals surface area contributed by atoms with Crippen LogP contribution in [0.2, 0.25) is 0 Å². The molecule has 0 aromatic carbocycles. The van der Waals surface area contributed by atoms with Crippen LogP contribution in [0.25, 0.3) is 0 Å². The molecule has 1 amide bonds. The number of aromatic nitrogens is 1. The van der Waals surface area contributed by atoms with E-state index in [4.69, 9.17) is 10.00 Å². The van der Waals surface area contributed by atoms with E-state index in [0.717, 1.165) is 22.3 Å². The van der Waals surface area contributed by atoms with Gasteiger partial charge in [0, 0.05) is 37.6 Å². The fourth-order valence-electron chi connectivity index (χ4n) is 2.77. The number of pyridine rings is 1. The Morgan fingerprint density at radius 3 is 2.71 bits per heavy atom. The number of hydrogen-bond acceptors (Lipinski definition) is 6. The monoisotopic (exact) mass is 348 g/mol. The molecule has 0 N–H and O–H groups in total. The van der Waals surface area contributed by atoms with Crippen molar-refractivity contribution in [3.05, 3.63) is 18.5 Å². The molecule has 6 nitrogen and oxygen atoms in total. The fourth-order valence-corrected chi connectivity index (χ4v) is 3.28. The first-order valence-corrected chi connectivity index (χ1v) is 8.81. The molecule has 1 saturated heterocycles. The summed E-state index contributed by atoms with van der Waals surface area (Å²) in [5.41, 5.74) is 0.485. The first kappa shape index (κ1) is 18.4. The number of amides is 1. The summed E-state index contributed by atoms with van der Waals surface area (Å²) >= 11 is 1.11. The van der Waals surface area contributed by atoms with E-state index < -0.39 is 5.60 Å². The number of ether oxygens (including phenoxy) is 1. The number of nitriles is 1. The normalized spacial score (nSPS) is 21.3. The predicted molar refractivity (Wildman–Crippen MR) is 94.9 cm³/mol. The van der Waals surface area contributed by atoms with Crippen LogP contribution in [0, 0.1) is 10.7 Å². The van der Waals surface area contributed by atoms with Crippen molar-refractivity contribution in [2.45, 2.75) is 57.2 Å². The van der Waals surface area contributed by atoms with Gasteiger partial charge in [-0.1, -0.05) is 0 Å². The minimum atomic E-state index is -0.501. The van der Waals surface area contributed by atoms with E-state index in [1.807, 2.05) is 33.8 Å². The summed E-state index contributed by atoms with van der Waals surface area (Å²) < 4.78 is 5.51. The molecule has 2 heterocycles. The molecular weight excluding hydrogens is 324 g/mol. The molecule has 0 spiro atoms. The Labute approximate surface area is 147 Å². The Morgan fingerprint density at radius 2 is 2.08 bits per heavy atom. The molecule has 0 aliphatic carbocycles. The molecule has 0 bridgehead atoms. The van der Waals surface area contributed by atoms with Crippen molar-refractivity contribution in [2.75, 3.05) is 18.0 Å². The smallest absolute Gasteiger partial charge is 0.410 e. The van der Waals surface area contributed by atoms with Crippen molar-refractivity contribution >= 4 is 23.5 Å². The molecule has 24 heavy (non-hydrogen) atoms. The molecule has 0 saturated carbocycles. The molecule has 7 heteroatoms. The quantitative estimate of drug-likeness (QED) is 0.602. The van der Waals surface area contributed by atoms with Crippen molar-refractivity contribution in [2.24, 2.45) is 0 Å². The van der Waals surface area contributed by atoms with Crippen LogP contribution in [0.5, 0.6) is 0 Å². The second-order valence-corrected chi connectivity index (χ2v) is 7.85. The fraction of sp³-hybridized carbons (Fsp3) is 0.588. The summed E-state index contributed by atoms with van der Waals surface area (Å²) in [4.78, 5) is 21.4. The molecule has 2 rings (SSSR count). The van der Waals surface area contributed by atoms with Crippen molar-refractivity contribution in [3.8, 4) is 5.40 Å². The molecule has 2 atom stereocenters. The number of rotatable bonds is 2. The van der Waals surface area contributed by atoms with Crippen molar-refractivity contribution in [1.29, 1.82) is 5.26 Å². The highest BCUT2D eigenvalue weighted by atomic mass is 32.2. The topological polar surface area (TPSA) is 69.5 Å². The maximum absolute atomic E-state index is 12.4. The number of hydrogen-bond donors (Lipinski definition) is 0. The van der Waals surface area contributed by atoms with E-state index in [-0.39, 0.29) is 18.2 Å². The number of thioether (sulfide) groups is 1. The Kier molecular flexibility index (Phi) is 5.60. The molecule has 1 fully saturated rings. The maximum atomic E-state index is 12.4. The summed E-state index contributed by atoms with van der Waals surface area (Å²) in [6, 6.07) is 2.06. The molecule has 1 aliphatic heterocycles. The van der Waals surface area contributed by atoms with Crippen LogP contribution < -0.4 is 4.90 Å². The van der Waals surface area contributed by atoms with Gasteiger partial charge in [-0.15, -0.1) is 0 Å². The molecule has 0 radical (unpaired) electrons. The van der Waals surface area contributed by atoms with Gasteiger partial charge in [-0.25, -0.2) is 4.79 Å². The van der Waals surface area contributed by atoms with Gasteiger partial charge in [-0.2, -0.15) is 5.26 Å². The number of carbonyl (C=O) groups excluding carboxylic acids is 1. The minimum Gasteiger partial charge on any atom is -0.444 e. The molecule has 130 valence electrons. The van der Waals surface area contributed by atoms with Gasteiger partial charge < -0.3 is 14.5 Å². The lowest BCUT2D eigenvalue weighted by atomic mass is 10.1. The second-order valence-electron chi connectivity index (χ2n) is 7.02. The molecule has 0 unspecified atom stereocenters. The van der Waals surface area contributed by atoms with E-state index in [1.165, 1.54) is 0 Å². The number of nitrogens with zero attached hydrogens (tertiary/aromatic N) is 4. The lowest BCUT2D eigenvalue weighted by Crippen LogP contribution is -2.59. The summed E-state index contributed by atoms with van der Waals surface area (Å²) in [6.07, 6.45) is 3.16.